The number of amides is 3. The summed E-state index contributed by atoms with van der Waals surface area (Å²) in [5.41, 5.74) is 6.66. The largest absolute Gasteiger partial charge is 0.508 e. The molecule has 0 aliphatic carbocycles. The quantitative estimate of drug-likeness (QED) is 0.146. The summed E-state index contributed by atoms with van der Waals surface area (Å²) < 4.78 is 0. The predicted octanol–water partition coefficient (Wildman–Crippen LogP) is -1.10. The highest BCUT2D eigenvalue weighted by atomic mass is 16.4. The normalized spacial score (nSPS) is 14.1. The molecule has 9 N–H and O–H groups in total. The third kappa shape index (κ3) is 9.20. The molecule has 1 aromatic heterocycles. The summed E-state index contributed by atoms with van der Waals surface area (Å²) in [5, 5.41) is 35.3. The van der Waals surface area contributed by atoms with Crippen LogP contribution in [0.1, 0.15) is 31.5 Å². The Hall–Kier alpha value is -4.46. The van der Waals surface area contributed by atoms with Crippen LogP contribution < -0.4 is 21.7 Å². The monoisotopic (exact) mass is 532 g/mol. The number of H-pyrrole nitrogens is 1. The van der Waals surface area contributed by atoms with E-state index >= 15 is 0 Å². The summed E-state index contributed by atoms with van der Waals surface area (Å²) in [5.74, 6) is -5.48. The SMILES string of the molecule is CC(C)C(NC(=O)C(Cc1cnc[nH]1)NC(=O)C(Cc1ccc(O)cc1)NC(=O)C(N)CC(=O)O)C(=O)O. The number of hydrogen-bond donors (Lipinski definition) is 8. The average molecular weight is 533 g/mol. The molecule has 206 valence electrons. The molecule has 4 atom stereocenters. The van der Waals surface area contributed by atoms with Crippen molar-refractivity contribution in [3.63, 3.8) is 0 Å². The van der Waals surface area contributed by atoms with Gasteiger partial charge in [-0.05, 0) is 23.6 Å². The molecule has 38 heavy (non-hydrogen) atoms. The summed E-state index contributed by atoms with van der Waals surface area (Å²) in [6, 6.07) is 0.615. The molecule has 0 saturated heterocycles. The lowest BCUT2D eigenvalue weighted by Crippen LogP contribution is -2.58. The second kappa shape index (κ2) is 13.7. The van der Waals surface area contributed by atoms with Gasteiger partial charge in [0.15, 0.2) is 0 Å². The number of nitrogens with two attached hydrogens (primary N) is 1. The number of hydrogen-bond acceptors (Lipinski definition) is 8. The summed E-state index contributed by atoms with van der Waals surface area (Å²) in [6.07, 6.45) is 1.98. The van der Waals surface area contributed by atoms with Crippen LogP contribution in [0.25, 0.3) is 0 Å². The molecule has 4 unspecified atom stereocenters. The van der Waals surface area contributed by atoms with Crippen LogP contribution in [0.2, 0.25) is 0 Å². The molecule has 1 heterocycles. The molecule has 0 bridgehead atoms. The van der Waals surface area contributed by atoms with Gasteiger partial charge in [0.2, 0.25) is 17.7 Å². The van der Waals surface area contributed by atoms with Crippen molar-refractivity contribution in [2.45, 2.75) is 57.3 Å². The number of carboxylic acid groups (broad SMARTS) is 2. The van der Waals surface area contributed by atoms with Crippen molar-refractivity contribution in [2.75, 3.05) is 0 Å². The third-order valence-electron chi connectivity index (χ3n) is 5.58. The van der Waals surface area contributed by atoms with E-state index in [1.165, 1.54) is 36.8 Å². The zero-order valence-electron chi connectivity index (χ0n) is 20.9. The van der Waals surface area contributed by atoms with Crippen LogP contribution >= 0.6 is 0 Å². The maximum atomic E-state index is 13.3. The summed E-state index contributed by atoms with van der Waals surface area (Å²) in [7, 11) is 0. The van der Waals surface area contributed by atoms with Crippen LogP contribution in [-0.2, 0) is 36.8 Å². The van der Waals surface area contributed by atoms with Crippen molar-refractivity contribution >= 4 is 29.7 Å². The lowest BCUT2D eigenvalue weighted by molar-refractivity contribution is -0.143. The Morgan fingerprint density at radius 3 is 2.03 bits per heavy atom. The van der Waals surface area contributed by atoms with E-state index in [0.29, 0.717) is 11.3 Å². The smallest absolute Gasteiger partial charge is 0.326 e. The van der Waals surface area contributed by atoms with Crippen LogP contribution in [-0.4, -0.2) is 79.1 Å². The lowest BCUT2D eigenvalue weighted by atomic mass is 10.0. The number of phenolic OH excluding ortho intramolecular Hbond substituents is 1. The second-order valence-corrected chi connectivity index (χ2v) is 9.05. The highest BCUT2D eigenvalue weighted by molar-refractivity contribution is 5.95. The summed E-state index contributed by atoms with van der Waals surface area (Å²) in [4.78, 5) is 68.2. The third-order valence-corrected chi connectivity index (χ3v) is 5.58. The highest BCUT2D eigenvalue weighted by Gasteiger charge is 2.32. The minimum atomic E-state index is -1.44. The zero-order chi connectivity index (χ0) is 28.4. The minimum Gasteiger partial charge on any atom is -0.508 e. The van der Waals surface area contributed by atoms with Crippen LogP contribution in [0, 0.1) is 5.92 Å². The lowest BCUT2D eigenvalue weighted by Gasteiger charge is -2.26. The Morgan fingerprint density at radius 2 is 1.50 bits per heavy atom. The van der Waals surface area contributed by atoms with Gasteiger partial charge in [-0.2, -0.15) is 0 Å². The number of carbonyl (C=O) groups is 5. The van der Waals surface area contributed by atoms with E-state index < -0.39 is 66.2 Å². The van der Waals surface area contributed by atoms with E-state index in [4.69, 9.17) is 10.8 Å². The van der Waals surface area contributed by atoms with E-state index in [2.05, 4.69) is 25.9 Å². The number of aliphatic carboxylic acids is 2. The number of imidazole rings is 1. The van der Waals surface area contributed by atoms with Crippen molar-refractivity contribution < 1.29 is 39.3 Å². The fraction of sp³-hybridized carbons (Fsp3) is 0.417. The van der Waals surface area contributed by atoms with Gasteiger partial charge >= 0.3 is 11.9 Å². The number of carboxylic acids is 2. The van der Waals surface area contributed by atoms with Crippen molar-refractivity contribution in [1.82, 2.24) is 25.9 Å². The first-order chi connectivity index (χ1) is 17.9. The van der Waals surface area contributed by atoms with Gasteiger partial charge in [0.05, 0.1) is 18.8 Å². The van der Waals surface area contributed by atoms with Gasteiger partial charge in [-0.1, -0.05) is 26.0 Å². The first-order valence-corrected chi connectivity index (χ1v) is 11.7. The topological polar surface area (TPSA) is 237 Å². The van der Waals surface area contributed by atoms with Crippen molar-refractivity contribution in [1.29, 1.82) is 0 Å². The Bertz CT molecular complexity index is 1120. The van der Waals surface area contributed by atoms with Crippen LogP contribution in [0.4, 0.5) is 0 Å². The number of nitrogens with zero attached hydrogens (tertiary/aromatic N) is 1. The molecule has 0 fully saturated rings. The fourth-order valence-corrected chi connectivity index (χ4v) is 3.50. The number of benzene rings is 1. The zero-order valence-corrected chi connectivity index (χ0v) is 20.9. The molecule has 0 aliphatic heterocycles. The standard InChI is InChI=1S/C24H32N6O8/c1-12(2)20(24(37)38)30-23(36)18(8-14-10-26-11-27-14)29-22(35)17(7-13-3-5-15(31)6-4-13)28-21(34)16(25)9-19(32)33/h3-6,10-12,16-18,20,31H,7-9,25H2,1-2H3,(H,26,27)(H,28,34)(H,29,35)(H,30,36)(H,32,33)(H,37,38). The van der Waals surface area contributed by atoms with E-state index in [-0.39, 0.29) is 18.6 Å². The van der Waals surface area contributed by atoms with E-state index in [1.54, 1.807) is 13.8 Å². The highest BCUT2D eigenvalue weighted by Crippen LogP contribution is 2.12. The van der Waals surface area contributed by atoms with Crippen molar-refractivity contribution in [2.24, 2.45) is 11.7 Å². The van der Waals surface area contributed by atoms with Gasteiger partial charge in [-0.3, -0.25) is 19.2 Å². The average Bonchev–Trinajstić information content (AvgIpc) is 3.35. The molecule has 3 amide bonds. The number of phenols is 1. The molecule has 0 spiro atoms. The van der Waals surface area contributed by atoms with Gasteiger partial charge in [0, 0.05) is 24.7 Å². The first kappa shape index (κ1) is 29.8. The molecule has 14 nitrogen and oxygen atoms in total. The van der Waals surface area contributed by atoms with Gasteiger partial charge in [-0.15, -0.1) is 0 Å². The predicted molar refractivity (Wildman–Crippen MR) is 133 cm³/mol. The summed E-state index contributed by atoms with van der Waals surface area (Å²) >= 11 is 0. The Labute approximate surface area is 218 Å². The molecule has 0 saturated carbocycles. The molecular weight excluding hydrogens is 500 g/mol. The van der Waals surface area contributed by atoms with E-state index in [0.717, 1.165) is 0 Å². The maximum Gasteiger partial charge on any atom is 0.326 e. The molecule has 14 heteroatoms. The van der Waals surface area contributed by atoms with E-state index in [1.807, 2.05) is 0 Å². The molecular formula is C24H32N6O8. The fourth-order valence-electron chi connectivity index (χ4n) is 3.50. The van der Waals surface area contributed by atoms with Gasteiger partial charge < -0.3 is 42.0 Å². The number of nitrogens with one attached hydrogen (secondary N) is 4. The Kier molecular flexibility index (Phi) is 10.8. The van der Waals surface area contributed by atoms with Crippen LogP contribution in [0.3, 0.4) is 0 Å². The number of aromatic hydroxyl groups is 1. The molecule has 2 rings (SSSR count). The molecule has 2 aromatic rings. The van der Waals surface area contributed by atoms with Crippen LogP contribution in [0.15, 0.2) is 36.8 Å². The van der Waals surface area contributed by atoms with Crippen LogP contribution in [0.5, 0.6) is 5.75 Å². The summed E-state index contributed by atoms with van der Waals surface area (Å²) in [6.45, 7) is 3.23. The van der Waals surface area contributed by atoms with Gasteiger partial charge in [0.25, 0.3) is 0 Å². The van der Waals surface area contributed by atoms with Crippen molar-refractivity contribution in [3.05, 3.63) is 48.0 Å². The Morgan fingerprint density at radius 1 is 0.921 bits per heavy atom. The number of aromatic amines is 1. The maximum absolute atomic E-state index is 13.3. The van der Waals surface area contributed by atoms with Crippen molar-refractivity contribution in [3.8, 4) is 5.75 Å². The number of aromatic nitrogens is 2. The number of carbonyl (C=O) groups excluding carboxylic acids is 3. The molecule has 1 aromatic carbocycles. The first-order valence-electron chi connectivity index (χ1n) is 11.7. The Balaban J connectivity index is 2.29. The number of rotatable bonds is 14. The molecule has 0 radical (unpaired) electrons. The van der Waals surface area contributed by atoms with Gasteiger partial charge in [0.1, 0.15) is 23.9 Å². The molecule has 0 aliphatic rings. The minimum absolute atomic E-state index is 0.0169. The van der Waals surface area contributed by atoms with Gasteiger partial charge in [-0.25, -0.2) is 9.78 Å². The second-order valence-electron chi connectivity index (χ2n) is 9.05. The van der Waals surface area contributed by atoms with E-state index in [9.17, 15) is 34.2 Å².